The minimum Gasteiger partial charge on any atom is -0.485 e. The van der Waals surface area contributed by atoms with Crippen LogP contribution in [0.2, 0.25) is 0 Å². The molecule has 1 aromatic rings. The van der Waals surface area contributed by atoms with Crippen molar-refractivity contribution in [3.8, 4) is 5.75 Å². The van der Waals surface area contributed by atoms with Gasteiger partial charge in [-0.3, -0.25) is 4.79 Å². The van der Waals surface area contributed by atoms with Crippen LogP contribution in [-0.2, 0) is 20.5 Å². The molecule has 0 saturated heterocycles. The van der Waals surface area contributed by atoms with Gasteiger partial charge in [-0.2, -0.15) is 13.2 Å². The number of benzene rings is 1. The standard InChI is InChI=1S/C14H15F3O4/c1-13(2,3)21-12(19)11(18)8-20-10-6-4-9(5-7-10)14(15,16)17/h4-7H,8H2,1-3H3. The van der Waals surface area contributed by atoms with Crippen LogP contribution >= 0.6 is 0 Å². The maximum atomic E-state index is 12.3. The molecule has 0 saturated carbocycles. The van der Waals surface area contributed by atoms with Crippen LogP contribution in [0.5, 0.6) is 5.75 Å². The van der Waals surface area contributed by atoms with E-state index in [1.54, 1.807) is 20.8 Å². The van der Waals surface area contributed by atoms with Crippen LogP contribution in [0.15, 0.2) is 24.3 Å². The molecule has 0 aromatic heterocycles. The minimum absolute atomic E-state index is 0.0555. The average molecular weight is 304 g/mol. The summed E-state index contributed by atoms with van der Waals surface area (Å²) in [6.07, 6.45) is -4.44. The van der Waals surface area contributed by atoms with Crippen LogP contribution in [0, 0.1) is 0 Å². The van der Waals surface area contributed by atoms with Gasteiger partial charge in [0.2, 0.25) is 0 Å². The molecule has 7 heteroatoms. The average Bonchev–Trinajstić information content (AvgIpc) is 2.33. The molecular weight excluding hydrogens is 289 g/mol. The lowest BCUT2D eigenvalue weighted by molar-refractivity contribution is -0.163. The zero-order valence-electron chi connectivity index (χ0n) is 11.8. The molecule has 0 unspecified atom stereocenters. The minimum atomic E-state index is -4.44. The molecule has 0 radical (unpaired) electrons. The molecule has 0 bridgehead atoms. The molecule has 4 nitrogen and oxygen atoms in total. The Hall–Kier alpha value is -2.05. The van der Waals surface area contributed by atoms with Crippen molar-refractivity contribution in [2.45, 2.75) is 32.5 Å². The molecular formula is C14H15F3O4. The van der Waals surface area contributed by atoms with Crippen molar-refractivity contribution in [3.63, 3.8) is 0 Å². The third kappa shape index (κ3) is 5.85. The Bertz CT molecular complexity index is 513. The second-order valence-corrected chi connectivity index (χ2v) is 5.24. The number of carbonyl (C=O) groups is 2. The highest BCUT2D eigenvalue weighted by atomic mass is 19.4. The summed E-state index contributed by atoms with van der Waals surface area (Å²) in [5, 5.41) is 0. The number of halogens is 3. The van der Waals surface area contributed by atoms with Crippen molar-refractivity contribution >= 4 is 11.8 Å². The van der Waals surface area contributed by atoms with Gasteiger partial charge in [-0.25, -0.2) is 4.79 Å². The Balaban J connectivity index is 2.56. The van der Waals surface area contributed by atoms with E-state index in [0.717, 1.165) is 24.3 Å². The molecule has 0 N–H and O–H groups in total. The normalized spacial score (nSPS) is 11.9. The highest BCUT2D eigenvalue weighted by Crippen LogP contribution is 2.30. The van der Waals surface area contributed by atoms with Crippen LogP contribution < -0.4 is 4.74 Å². The van der Waals surface area contributed by atoms with Gasteiger partial charge in [-0.05, 0) is 45.0 Å². The van der Waals surface area contributed by atoms with Crippen molar-refractivity contribution in [3.05, 3.63) is 29.8 Å². The van der Waals surface area contributed by atoms with Gasteiger partial charge >= 0.3 is 12.1 Å². The maximum Gasteiger partial charge on any atom is 0.416 e. The topological polar surface area (TPSA) is 52.6 Å². The van der Waals surface area contributed by atoms with Crippen molar-refractivity contribution in [2.75, 3.05) is 6.61 Å². The monoisotopic (exact) mass is 304 g/mol. The first kappa shape index (κ1) is 17.0. The fourth-order valence-corrected chi connectivity index (χ4v) is 1.28. The van der Waals surface area contributed by atoms with E-state index in [9.17, 15) is 22.8 Å². The molecule has 116 valence electrons. The molecule has 0 aliphatic rings. The Morgan fingerprint density at radius 2 is 1.57 bits per heavy atom. The largest absolute Gasteiger partial charge is 0.485 e. The lowest BCUT2D eigenvalue weighted by atomic mass is 10.2. The first-order valence-corrected chi connectivity index (χ1v) is 6.05. The quantitative estimate of drug-likeness (QED) is 0.634. The van der Waals surface area contributed by atoms with Gasteiger partial charge in [0.15, 0.2) is 6.61 Å². The van der Waals surface area contributed by atoms with Crippen LogP contribution in [0.3, 0.4) is 0 Å². The third-order valence-electron chi connectivity index (χ3n) is 2.18. The smallest absolute Gasteiger partial charge is 0.416 e. The van der Waals surface area contributed by atoms with E-state index in [1.165, 1.54) is 0 Å². The Morgan fingerprint density at radius 3 is 2.00 bits per heavy atom. The van der Waals surface area contributed by atoms with Crippen LogP contribution in [-0.4, -0.2) is 24.0 Å². The lowest BCUT2D eigenvalue weighted by Crippen LogP contribution is -2.31. The van der Waals surface area contributed by atoms with Crippen molar-refractivity contribution in [1.82, 2.24) is 0 Å². The predicted molar refractivity (Wildman–Crippen MR) is 67.8 cm³/mol. The predicted octanol–water partition coefficient (Wildman–Crippen LogP) is 3.00. The van der Waals surface area contributed by atoms with Gasteiger partial charge < -0.3 is 9.47 Å². The second kappa shape index (κ2) is 6.15. The summed E-state index contributed by atoms with van der Waals surface area (Å²) in [6.45, 7) is 4.22. The highest BCUT2D eigenvalue weighted by molar-refractivity contribution is 6.34. The van der Waals surface area contributed by atoms with Crippen molar-refractivity contribution < 1.29 is 32.2 Å². The van der Waals surface area contributed by atoms with E-state index in [2.05, 4.69) is 0 Å². The summed E-state index contributed by atoms with van der Waals surface area (Å²) < 4.78 is 46.8. The molecule has 0 heterocycles. The highest BCUT2D eigenvalue weighted by Gasteiger charge is 2.30. The number of rotatable bonds is 4. The van der Waals surface area contributed by atoms with Crippen LogP contribution in [0.25, 0.3) is 0 Å². The summed E-state index contributed by atoms with van der Waals surface area (Å²) in [7, 11) is 0. The summed E-state index contributed by atoms with van der Waals surface area (Å²) in [5.74, 6) is -1.90. The van der Waals surface area contributed by atoms with E-state index < -0.39 is 35.7 Å². The Morgan fingerprint density at radius 1 is 1.05 bits per heavy atom. The number of hydrogen-bond acceptors (Lipinski definition) is 4. The SMILES string of the molecule is CC(C)(C)OC(=O)C(=O)COc1ccc(C(F)(F)F)cc1. The molecule has 1 rings (SSSR count). The number of ketones is 1. The van der Waals surface area contributed by atoms with E-state index >= 15 is 0 Å². The first-order valence-electron chi connectivity index (χ1n) is 6.05. The van der Waals surface area contributed by atoms with Gasteiger partial charge in [0.1, 0.15) is 11.4 Å². The van der Waals surface area contributed by atoms with Gasteiger partial charge in [-0.1, -0.05) is 0 Å². The van der Waals surface area contributed by atoms with Gasteiger partial charge in [0, 0.05) is 0 Å². The Kier molecular flexibility index (Phi) is 4.98. The summed E-state index contributed by atoms with van der Waals surface area (Å²) in [5.41, 5.74) is -1.63. The number of esters is 1. The molecule has 0 spiro atoms. The molecule has 0 atom stereocenters. The number of ether oxygens (including phenoxy) is 2. The summed E-state index contributed by atoms with van der Waals surface area (Å²) >= 11 is 0. The van der Waals surface area contributed by atoms with Crippen molar-refractivity contribution in [2.24, 2.45) is 0 Å². The number of alkyl halides is 3. The van der Waals surface area contributed by atoms with Crippen LogP contribution in [0.4, 0.5) is 13.2 Å². The fraction of sp³-hybridized carbons (Fsp3) is 0.429. The number of hydrogen-bond donors (Lipinski definition) is 0. The molecule has 0 fully saturated rings. The van der Waals surface area contributed by atoms with E-state index in [1.807, 2.05) is 0 Å². The van der Waals surface area contributed by atoms with Gasteiger partial charge in [0.25, 0.3) is 5.78 Å². The molecule has 21 heavy (non-hydrogen) atoms. The second-order valence-electron chi connectivity index (χ2n) is 5.24. The summed E-state index contributed by atoms with van der Waals surface area (Å²) in [6, 6.07) is 3.80. The molecule has 0 aliphatic carbocycles. The van der Waals surface area contributed by atoms with Gasteiger partial charge in [-0.15, -0.1) is 0 Å². The van der Waals surface area contributed by atoms with Gasteiger partial charge in [0.05, 0.1) is 5.56 Å². The van der Waals surface area contributed by atoms with E-state index in [4.69, 9.17) is 9.47 Å². The Labute approximate surface area is 119 Å². The number of carbonyl (C=O) groups excluding carboxylic acids is 2. The maximum absolute atomic E-state index is 12.3. The first-order chi connectivity index (χ1) is 9.49. The zero-order chi connectivity index (χ0) is 16.3. The third-order valence-corrected chi connectivity index (χ3v) is 2.18. The van der Waals surface area contributed by atoms with Crippen molar-refractivity contribution in [1.29, 1.82) is 0 Å². The summed E-state index contributed by atoms with van der Waals surface area (Å²) in [4.78, 5) is 22.8. The zero-order valence-corrected chi connectivity index (χ0v) is 11.8. The molecule has 1 aromatic carbocycles. The van der Waals surface area contributed by atoms with Crippen LogP contribution in [0.1, 0.15) is 26.3 Å². The lowest BCUT2D eigenvalue weighted by Gasteiger charge is -2.18. The molecule has 0 amide bonds. The fourth-order valence-electron chi connectivity index (χ4n) is 1.28. The molecule has 0 aliphatic heterocycles. The number of Topliss-reactive ketones (excluding diaryl/α,β-unsaturated/α-hetero) is 1. The van der Waals surface area contributed by atoms with E-state index in [-0.39, 0.29) is 5.75 Å². The van der Waals surface area contributed by atoms with E-state index in [0.29, 0.717) is 0 Å².